The molecule has 1 heterocycles. The average Bonchev–Trinajstić information content (AvgIpc) is 2.73. The third-order valence-corrected chi connectivity index (χ3v) is 2.36. The first kappa shape index (κ1) is 31.8. The van der Waals surface area contributed by atoms with Gasteiger partial charge in [-0.15, -0.1) is 0 Å². The van der Waals surface area contributed by atoms with Gasteiger partial charge in [0.25, 0.3) is 0 Å². The molecule has 1 rings (SSSR count). The summed E-state index contributed by atoms with van der Waals surface area (Å²) in [6.45, 7) is 12.7. The van der Waals surface area contributed by atoms with Crippen LogP contribution in [0, 0.1) is 6.08 Å². The maximum atomic E-state index is 8.03. The number of pyridine rings is 1. The molecule has 0 saturated carbocycles. The molecule has 0 fully saturated rings. The molecular weight excluding hydrogens is 397 g/mol. The van der Waals surface area contributed by atoms with E-state index < -0.39 is 0 Å². The van der Waals surface area contributed by atoms with Crippen LogP contribution in [0.5, 0.6) is 0 Å². The van der Waals surface area contributed by atoms with Crippen LogP contribution in [-0.2, 0) is 16.8 Å². The molecule has 0 unspecified atom stereocenters. The van der Waals surface area contributed by atoms with Crippen molar-refractivity contribution >= 4 is 22.8 Å². The summed E-state index contributed by atoms with van der Waals surface area (Å²) in [6.07, 6.45) is 7.46. The summed E-state index contributed by atoms with van der Waals surface area (Å²) in [4.78, 5) is 3.78. The van der Waals surface area contributed by atoms with E-state index in [4.69, 9.17) is 20.8 Å². The number of hydrogen-bond donors (Lipinski definition) is 4. The molecule has 0 aliphatic rings. The van der Waals surface area contributed by atoms with Crippen molar-refractivity contribution in [1.82, 2.24) is 4.98 Å². The first-order chi connectivity index (χ1) is 12.4. The van der Waals surface area contributed by atoms with Gasteiger partial charge in [-0.05, 0) is 39.8 Å². The zero-order valence-electron chi connectivity index (χ0n) is 15.7. The SMILES string of the molecule is C=[C-]C=C.CC(=N/O)/C(C)=N/O.CC(=N\O)/C(C)=N/O.[Co].c1ccncc1. The predicted octanol–water partition coefficient (Wildman–Crippen LogP) is 3.61. The van der Waals surface area contributed by atoms with Gasteiger partial charge in [-0.1, -0.05) is 26.7 Å². The molecule has 153 valence electrons. The van der Waals surface area contributed by atoms with E-state index >= 15 is 0 Å². The fraction of sp³-hybridized carbons (Fsp3) is 0.235. The van der Waals surface area contributed by atoms with E-state index in [9.17, 15) is 0 Å². The molecule has 1 aromatic heterocycles. The molecule has 0 atom stereocenters. The third kappa shape index (κ3) is 25.4. The maximum Gasteiger partial charge on any atom is 0.101 e. The van der Waals surface area contributed by atoms with E-state index in [2.05, 4.69) is 44.8 Å². The van der Waals surface area contributed by atoms with Gasteiger partial charge >= 0.3 is 0 Å². The van der Waals surface area contributed by atoms with E-state index in [1.807, 2.05) is 18.2 Å². The molecule has 9 nitrogen and oxygen atoms in total. The van der Waals surface area contributed by atoms with E-state index in [0.29, 0.717) is 22.8 Å². The fourth-order valence-corrected chi connectivity index (χ4v) is 0.602. The minimum Gasteiger partial charge on any atom is -0.411 e. The van der Waals surface area contributed by atoms with Gasteiger partial charge in [0.2, 0.25) is 0 Å². The third-order valence-electron chi connectivity index (χ3n) is 2.36. The molecule has 0 amide bonds. The van der Waals surface area contributed by atoms with E-state index in [1.165, 1.54) is 33.8 Å². The first-order valence-electron chi connectivity index (χ1n) is 7.09. The Hall–Kier alpha value is -2.98. The number of nitrogens with zero attached hydrogens (tertiary/aromatic N) is 5. The van der Waals surface area contributed by atoms with Crippen molar-refractivity contribution in [3.05, 3.63) is 55.9 Å². The number of aromatic nitrogens is 1. The van der Waals surface area contributed by atoms with Gasteiger partial charge in [0, 0.05) is 29.2 Å². The largest absolute Gasteiger partial charge is 0.411 e. The topological polar surface area (TPSA) is 143 Å². The Bertz CT molecular complexity index is 506. The van der Waals surface area contributed by atoms with Crippen LogP contribution < -0.4 is 0 Å². The van der Waals surface area contributed by atoms with Crippen LogP contribution in [-0.4, -0.2) is 48.7 Å². The second-order valence-electron chi connectivity index (χ2n) is 4.17. The van der Waals surface area contributed by atoms with Gasteiger partial charge in [-0.3, -0.25) is 11.1 Å². The second-order valence-corrected chi connectivity index (χ2v) is 4.17. The Labute approximate surface area is 170 Å². The molecule has 10 heteroatoms. The van der Waals surface area contributed by atoms with Gasteiger partial charge in [0.15, 0.2) is 0 Å². The molecule has 0 aliphatic carbocycles. The van der Waals surface area contributed by atoms with Gasteiger partial charge in [0.1, 0.15) is 22.8 Å². The van der Waals surface area contributed by atoms with Crippen LogP contribution in [0.3, 0.4) is 0 Å². The zero-order chi connectivity index (χ0) is 20.8. The summed E-state index contributed by atoms with van der Waals surface area (Å²) in [5.41, 5.74) is 1.25. The quantitative estimate of drug-likeness (QED) is 0.193. The molecule has 0 spiro atoms. The summed E-state index contributed by atoms with van der Waals surface area (Å²) >= 11 is 0. The van der Waals surface area contributed by atoms with E-state index in [1.54, 1.807) is 12.4 Å². The normalized spacial score (nSPS) is 11.0. The molecule has 4 N–H and O–H groups in total. The molecule has 0 aromatic carbocycles. The second kappa shape index (κ2) is 25.3. The fourth-order valence-electron chi connectivity index (χ4n) is 0.602. The molecule has 27 heavy (non-hydrogen) atoms. The maximum absolute atomic E-state index is 8.03. The average molecular weight is 423 g/mol. The van der Waals surface area contributed by atoms with Gasteiger partial charge in [0.05, 0.1) is 0 Å². The first-order valence-corrected chi connectivity index (χ1v) is 7.09. The van der Waals surface area contributed by atoms with Crippen molar-refractivity contribution < 1.29 is 37.6 Å². The molecule has 0 saturated heterocycles. The molecular formula is C17H26CoN5O4-. The van der Waals surface area contributed by atoms with Gasteiger partial charge in [-0.25, -0.2) is 12.7 Å². The Morgan fingerprint density at radius 2 is 1.04 bits per heavy atom. The standard InChI is InChI=1S/C5H5N.2C4H8N2O2.C4H5.Co/c1-2-4-6-5-3-1;2*1-3(5-7)4(2)6-8;1-3-4-2;/h1-5H;2*7-8H,1-2H3;3H,1-2H2;/q;;;-1;/b;5-3+,6-4+;5-3-,6-4+;;. The smallest absolute Gasteiger partial charge is 0.101 e. The van der Waals surface area contributed by atoms with Crippen LogP contribution in [0.2, 0.25) is 0 Å². The summed E-state index contributed by atoms with van der Waals surface area (Å²) in [7, 11) is 0. The summed E-state index contributed by atoms with van der Waals surface area (Å²) in [6, 6.07) is 5.72. The van der Waals surface area contributed by atoms with Crippen molar-refractivity contribution in [2.24, 2.45) is 20.6 Å². The van der Waals surface area contributed by atoms with Crippen LogP contribution in [0.4, 0.5) is 0 Å². The molecule has 0 bridgehead atoms. The van der Waals surface area contributed by atoms with Crippen molar-refractivity contribution in [3.8, 4) is 0 Å². The van der Waals surface area contributed by atoms with Crippen LogP contribution in [0.25, 0.3) is 0 Å². The summed E-state index contributed by atoms with van der Waals surface area (Å²) < 4.78 is 0. The minimum absolute atomic E-state index is 0. The van der Waals surface area contributed by atoms with Crippen molar-refractivity contribution in [2.75, 3.05) is 0 Å². The van der Waals surface area contributed by atoms with Crippen LogP contribution in [0.15, 0.2) is 70.4 Å². The number of oxime groups is 4. The van der Waals surface area contributed by atoms with E-state index in [-0.39, 0.29) is 16.8 Å². The monoisotopic (exact) mass is 423 g/mol. The van der Waals surface area contributed by atoms with E-state index in [0.717, 1.165) is 0 Å². The Kier molecular flexibility index (Phi) is 29.7. The molecule has 1 aromatic rings. The van der Waals surface area contributed by atoms with Crippen LogP contribution in [0.1, 0.15) is 27.7 Å². The molecule has 0 aliphatic heterocycles. The van der Waals surface area contributed by atoms with Gasteiger partial charge < -0.3 is 20.8 Å². The minimum atomic E-state index is 0. The van der Waals surface area contributed by atoms with Crippen molar-refractivity contribution in [1.29, 1.82) is 0 Å². The number of hydrogen-bond acceptors (Lipinski definition) is 9. The number of allylic oxidation sites excluding steroid dienone is 2. The number of rotatable bonds is 3. The van der Waals surface area contributed by atoms with Crippen molar-refractivity contribution in [2.45, 2.75) is 27.7 Å². The summed E-state index contributed by atoms with van der Waals surface area (Å²) in [5, 5.41) is 43.3. The summed E-state index contributed by atoms with van der Waals surface area (Å²) in [5.74, 6) is 0. The Morgan fingerprint density at radius 3 is 1.11 bits per heavy atom. The van der Waals surface area contributed by atoms with Gasteiger partial charge in [-0.2, -0.15) is 6.58 Å². The Balaban J connectivity index is -0.000000133. The molecule has 1 radical (unpaired) electrons. The van der Waals surface area contributed by atoms with Crippen LogP contribution >= 0.6 is 0 Å². The Morgan fingerprint density at radius 1 is 0.778 bits per heavy atom. The van der Waals surface area contributed by atoms with Crippen molar-refractivity contribution in [3.63, 3.8) is 0 Å². The predicted molar refractivity (Wildman–Crippen MR) is 103 cm³/mol. The zero-order valence-corrected chi connectivity index (χ0v) is 16.8.